The molecular formula is C13H16ClNO2. The molecule has 1 fully saturated rings. The van der Waals surface area contributed by atoms with E-state index in [4.69, 9.17) is 16.7 Å². The minimum Gasteiger partial charge on any atom is -0.480 e. The van der Waals surface area contributed by atoms with Crippen LogP contribution in [0.3, 0.4) is 0 Å². The zero-order valence-electron chi connectivity index (χ0n) is 9.53. The van der Waals surface area contributed by atoms with Crippen molar-refractivity contribution in [3.8, 4) is 0 Å². The molecule has 2 N–H and O–H groups in total. The third-order valence-corrected chi connectivity index (χ3v) is 3.43. The second kappa shape index (κ2) is 5.52. The fraction of sp³-hybridized carbons (Fsp3) is 0.462. The second-order valence-corrected chi connectivity index (χ2v) is 4.95. The van der Waals surface area contributed by atoms with Crippen molar-refractivity contribution in [2.24, 2.45) is 0 Å². The number of piperidine rings is 1. The fourth-order valence-electron chi connectivity index (χ4n) is 2.28. The number of aliphatic carboxylic acids is 1. The summed E-state index contributed by atoms with van der Waals surface area (Å²) in [5, 5.41) is 12.9. The topological polar surface area (TPSA) is 49.3 Å². The Morgan fingerprint density at radius 3 is 2.71 bits per heavy atom. The summed E-state index contributed by atoms with van der Waals surface area (Å²) >= 11 is 5.83. The zero-order valence-corrected chi connectivity index (χ0v) is 10.3. The van der Waals surface area contributed by atoms with Crippen LogP contribution in [0, 0.1) is 0 Å². The molecule has 1 saturated heterocycles. The van der Waals surface area contributed by atoms with Gasteiger partial charge in [0.1, 0.15) is 6.04 Å². The Hall–Kier alpha value is -1.06. The number of carboxylic acids is 1. The van der Waals surface area contributed by atoms with Crippen molar-refractivity contribution >= 4 is 17.6 Å². The zero-order chi connectivity index (χ0) is 12.3. The molecular weight excluding hydrogens is 238 g/mol. The van der Waals surface area contributed by atoms with Crippen molar-refractivity contribution < 1.29 is 9.90 Å². The Labute approximate surface area is 106 Å². The van der Waals surface area contributed by atoms with Gasteiger partial charge in [-0.2, -0.15) is 0 Å². The summed E-state index contributed by atoms with van der Waals surface area (Å²) in [6.07, 6.45) is 3.60. The first-order valence-electron chi connectivity index (χ1n) is 5.88. The minimum absolute atomic E-state index is 0.256. The van der Waals surface area contributed by atoms with Crippen LogP contribution in [-0.4, -0.2) is 23.2 Å². The van der Waals surface area contributed by atoms with E-state index in [0.717, 1.165) is 30.7 Å². The van der Waals surface area contributed by atoms with Crippen LogP contribution in [-0.2, 0) is 11.2 Å². The monoisotopic (exact) mass is 253 g/mol. The van der Waals surface area contributed by atoms with Crippen molar-refractivity contribution in [2.45, 2.75) is 37.8 Å². The predicted octanol–water partition coefficient (Wildman–Crippen LogP) is 2.48. The van der Waals surface area contributed by atoms with Gasteiger partial charge < -0.3 is 10.4 Å². The molecule has 2 atom stereocenters. The normalized spacial score (nSPS) is 24.5. The maximum absolute atomic E-state index is 10.9. The molecule has 1 aromatic rings. The first-order chi connectivity index (χ1) is 8.15. The smallest absolute Gasteiger partial charge is 0.320 e. The molecule has 0 radical (unpaired) electrons. The fourth-order valence-corrected chi connectivity index (χ4v) is 2.41. The molecule has 4 heteroatoms. The molecule has 17 heavy (non-hydrogen) atoms. The molecule has 1 aliphatic heterocycles. The molecule has 92 valence electrons. The second-order valence-electron chi connectivity index (χ2n) is 4.52. The van der Waals surface area contributed by atoms with Gasteiger partial charge in [0.05, 0.1) is 0 Å². The summed E-state index contributed by atoms with van der Waals surface area (Å²) in [7, 11) is 0. The number of hydrogen-bond donors (Lipinski definition) is 2. The number of carbonyl (C=O) groups is 1. The number of carboxylic acid groups (broad SMARTS) is 1. The van der Waals surface area contributed by atoms with Crippen LogP contribution >= 0.6 is 11.6 Å². The van der Waals surface area contributed by atoms with Gasteiger partial charge in [-0.15, -0.1) is 0 Å². The van der Waals surface area contributed by atoms with Gasteiger partial charge in [-0.1, -0.05) is 23.7 Å². The average Bonchev–Trinajstić information content (AvgIpc) is 2.32. The van der Waals surface area contributed by atoms with E-state index < -0.39 is 5.97 Å². The first-order valence-corrected chi connectivity index (χ1v) is 6.26. The average molecular weight is 254 g/mol. The van der Waals surface area contributed by atoms with Crippen molar-refractivity contribution in [3.05, 3.63) is 34.9 Å². The lowest BCUT2D eigenvalue weighted by molar-refractivity contribution is -0.140. The Morgan fingerprint density at radius 1 is 1.35 bits per heavy atom. The minimum atomic E-state index is -0.745. The third kappa shape index (κ3) is 3.45. The highest BCUT2D eigenvalue weighted by atomic mass is 35.5. The van der Waals surface area contributed by atoms with Gasteiger partial charge in [0.15, 0.2) is 0 Å². The highest BCUT2D eigenvalue weighted by Crippen LogP contribution is 2.18. The van der Waals surface area contributed by atoms with E-state index in [9.17, 15) is 4.79 Å². The van der Waals surface area contributed by atoms with Crippen molar-refractivity contribution in [3.63, 3.8) is 0 Å². The van der Waals surface area contributed by atoms with E-state index in [-0.39, 0.29) is 12.1 Å². The molecule has 0 amide bonds. The van der Waals surface area contributed by atoms with Crippen LogP contribution < -0.4 is 5.32 Å². The highest BCUT2D eigenvalue weighted by molar-refractivity contribution is 6.30. The Balaban J connectivity index is 1.94. The number of nitrogens with one attached hydrogen (secondary N) is 1. The number of benzene rings is 1. The van der Waals surface area contributed by atoms with Crippen molar-refractivity contribution in [1.82, 2.24) is 5.32 Å². The summed E-state index contributed by atoms with van der Waals surface area (Å²) < 4.78 is 0. The SMILES string of the molecule is O=C(O)C1CCCC(Cc2ccc(Cl)cc2)N1. The molecule has 2 unspecified atom stereocenters. The van der Waals surface area contributed by atoms with Gasteiger partial charge in [-0.05, 0) is 43.4 Å². The van der Waals surface area contributed by atoms with Crippen molar-refractivity contribution in [2.75, 3.05) is 0 Å². The largest absolute Gasteiger partial charge is 0.480 e. The van der Waals surface area contributed by atoms with Crippen LogP contribution in [0.1, 0.15) is 24.8 Å². The van der Waals surface area contributed by atoms with E-state index in [1.54, 1.807) is 0 Å². The van der Waals surface area contributed by atoms with Gasteiger partial charge in [0, 0.05) is 11.1 Å². The van der Waals surface area contributed by atoms with Crippen LogP contribution in [0.5, 0.6) is 0 Å². The predicted molar refractivity (Wildman–Crippen MR) is 67.4 cm³/mol. The molecule has 1 heterocycles. The van der Waals surface area contributed by atoms with Gasteiger partial charge >= 0.3 is 5.97 Å². The Morgan fingerprint density at radius 2 is 2.06 bits per heavy atom. The molecule has 0 bridgehead atoms. The van der Waals surface area contributed by atoms with Crippen molar-refractivity contribution in [1.29, 1.82) is 0 Å². The third-order valence-electron chi connectivity index (χ3n) is 3.18. The van der Waals surface area contributed by atoms with Gasteiger partial charge in [0.25, 0.3) is 0 Å². The summed E-state index contributed by atoms with van der Waals surface area (Å²) in [6, 6.07) is 7.60. The number of hydrogen-bond acceptors (Lipinski definition) is 2. The molecule has 2 rings (SSSR count). The summed E-state index contributed by atoms with van der Waals surface area (Å²) in [5.41, 5.74) is 1.19. The maximum atomic E-state index is 10.9. The van der Waals surface area contributed by atoms with Crippen LogP contribution in [0.25, 0.3) is 0 Å². The first kappa shape index (κ1) is 12.4. The van der Waals surface area contributed by atoms with E-state index in [2.05, 4.69) is 5.32 Å². The number of rotatable bonds is 3. The molecule has 0 spiro atoms. The van der Waals surface area contributed by atoms with Gasteiger partial charge in [-0.25, -0.2) is 0 Å². The highest BCUT2D eigenvalue weighted by Gasteiger charge is 2.25. The standard InChI is InChI=1S/C13H16ClNO2/c14-10-6-4-9(5-7-10)8-11-2-1-3-12(15-11)13(16)17/h4-7,11-12,15H,1-3,8H2,(H,16,17). The number of halogens is 1. The lowest BCUT2D eigenvalue weighted by Gasteiger charge is -2.28. The summed E-state index contributed by atoms with van der Waals surface area (Å²) in [4.78, 5) is 10.9. The van der Waals surface area contributed by atoms with Crippen LogP contribution in [0.4, 0.5) is 0 Å². The Bertz CT molecular complexity index is 391. The molecule has 3 nitrogen and oxygen atoms in total. The molecule has 0 aromatic heterocycles. The Kier molecular flexibility index (Phi) is 4.02. The van der Waals surface area contributed by atoms with E-state index in [1.165, 1.54) is 5.56 Å². The lowest BCUT2D eigenvalue weighted by atomic mass is 9.94. The van der Waals surface area contributed by atoms with E-state index in [1.807, 2.05) is 24.3 Å². The van der Waals surface area contributed by atoms with E-state index in [0.29, 0.717) is 0 Å². The van der Waals surface area contributed by atoms with Crippen LogP contribution in [0.15, 0.2) is 24.3 Å². The molecule has 1 aromatic carbocycles. The molecule has 0 aliphatic carbocycles. The quantitative estimate of drug-likeness (QED) is 0.870. The van der Waals surface area contributed by atoms with Gasteiger partial charge in [0.2, 0.25) is 0 Å². The maximum Gasteiger partial charge on any atom is 0.320 e. The van der Waals surface area contributed by atoms with E-state index >= 15 is 0 Å². The lowest BCUT2D eigenvalue weighted by Crippen LogP contribution is -2.47. The molecule has 0 saturated carbocycles. The molecule has 1 aliphatic rings. The van der Waals surface area contributed by atoms with Crippen LogP contribution in [0.2, 0.25) is 5.02 Å². The van der Waals surface area contributed by atoms with Gasteiger partial charge in [-0.3, -0.25) is 4.79 Å². The summed E-state index contributed by atoms with van der Waals surface area (Å²) in [5.74, 6) is -0.745. The summed E-state index contributed by atoms with van der Waals surface area (Å²) in [6.45, 7) is 0.